The fourth-order valence-electron chi connectivity index (χ4n) is 1.72. The van der Waals surface area contributed by atoms with Crippen LogP contribution in [0.1, 0.15) is 37.7 Å². The van der Waals surface area contributed by atoms with Crippen molar-refractivity contribution in [1.82, 2.24) is 5.32 Å². The van der Waals surface area contributed by atoms with E-state index < -0.39 is 5.97 Å². The first-order chi connectivity index (χ1) is 9.68. The normalized spacial score (nSPS) is 10.6. The molecule has 1 amide bonds. The molecule has 0 spiro atoms. The Kier molecular flexibility index (Phi) is 7.80. The van der Waals surface area contributed by atoms with E-state index in [-0.39, 0.29) is 18.7 Å². The van der Waals surface area contributed by atoms with Gasteiger partial charge < -0.3 is 10.4 Å². The number of nitrogens with one attached hydrogen (secondary N) is 1. The Hall–Kier alpha value is -2.10. The van der Waals surface area contributed by atoms with Gasteiger partial charge in [0.15, 0.2) is 0 Å². The standard InChI is InChI=1S/C16H21NO3/c18-15(11-7-12-16(19)20)17-13-6-2-5-10-14-8-3-1-4-9-14/h1,3-5,8-10H,2,6-7,11-13H2,(H,17,18)(H,19,20)/b10-5-. The predicted octanol–water partition coefficient (Wildman–Crippen LogP) is 2.85. The molecule has 0 saturated carbocycles. The van der Waals surface area contributed by atoms with Gasteiger partial charge in [-0.15, -0.1) is 0 Å². The second-order valence-electron chi connectivity index (χ2n) is 4.55. The number of carbonyl (C=O) groups is 2. The molecule has 0 atom stereocenters. The SMILES string of the molecule is O=C(O)CCCC(=O)NCCC/C=C\c1ccccc1. The molecule has 1 aromatic rings. The molecular weight excluding hydrogens is 254 g/mol. The van der Waals surface area contributed by atoms with Gasteiger partial charge in [0.2, 0.25) is 5.91 Å². The van der Waals surface area contributed by atoms with Gasteiger partial charge >= 0.3 is 5.97 Å². The third-order valence-corrected chi connectivity index (χ3v) is 2.77. The number of rotatable bonds is 9. The Morgan fingerprint density at radius 3 is 2.55 bits per heavy atom. The molecule has 0 bridgehead atoms. The molecule has 0 aliphatic rings. The van der Waals surface area contributed by atoms with Crippen molar-refractivity contribution in [3.8, 4) is 0 Å². The van der Waals surface area contributed by atoms with Crippen LogP contribution >= 0.6 is 0 Å². The number of unbranched alkanes of at least 4 members (excludes halogenated alkanes) is 1. The number of hydrogen-bond acceptors (Lipinski definition) is 2. The molecule has 0 saturated heterocycles. The van der Waals surface area contributed by atoms with E-state index >= 15 is 0 Å². The molecule has 1 aromatic carbocycles. The summed E-state index contributed by atoms with van der Waals surface area (Å²) in [6.45, 7) is 0.630. The first-order valence-electron chi connectivity index (χ1n) is 6.88. The quantitative estimate of drug-likeness (QED) is 0.681. The highest BCUT2D eigenvalue weighted by molar-refractivity contribution is 5.76. The van der Waals surface area contributed by atoms with Crippen molar-refractivity contribution in [3.63, 3.8) is 0 Å². The summed E-state index contributed by atoms with van der Waals surface area (Å²) in [5, 5.41) is 11.2. The van der Waals surface area contributed by atoms with Crippen molar-refractivity contribution in [2.75, 3.05) is 6.54 Å². The highest BCUT2D eigenvalue weighted by Crippen LogP contribution is 2.02. The van der Waals surface area contributed by atoms with Gasteiger partial charge in [-0.05, 0) is 24.8 Å². The van der Waals surface area contributed by atoms with Crippen LogP contribution in [-0.2, 0) is 9.59 Å². The van der Waals surface area contributed by atoms with Crippen LogP contribution in [0, 0.1) is 0 Å². The number of hydrogen-bond donors (Lipinski definition) is 2. The number of benzene rings is 1. The van der Waals surface area contributed by atoms with Gasteiger partial charge in [-0.3, -0.25) is 9.59 Å². The van der Waals surface area contributed by atoms with E-state index in [1.165, 1.54) is 5.56 Å². The summed E-state index contributed by atoms with van der Waals surface area (Å²) in [4.78, 5) is 21.6. The lowest BCUT2D eigenvalue weighted by molar-refractivity contribution is -0.137. The van der Waals surface area contributed by atoms with E-state index in [9.17, 15) is 9.59 Å². The van der Waals surface area contributed by atoms with E-state index in [2.05, 4.69) is 17.5 Å². The average Bonchev–Trinajstić information content (AvgIpc) is 2.43. The molecule has 0 unspecified atom stereocenters. The Morgan fingerprint density at radius 1 is 1.10 bits per heavy atom. The maximum atomic E-state index is 11.4. The van der Waals surface area contributed by atoms with Crippen LogP contribution in [0.25, 0.3) is 6.08 Å². The maximum Gasteiger partial charge on any atom is 0.303 e. The minimum atomic E-state index is -0.858. The van der Waals surface area contributed by atoms with Crippen LogP contribution in [0.4, 0.5) is 0 Å². The van der Waals surface area contributed by atoms with Crippen LogP contribution in [0.3, 0.4) is 0 Å². The van der Waals surface area contributed by atoms with Crippen LogP contribution in [0.2, 0.25) is 0 Å². The number of aliphatic carboxylic acids is 1. The summed E-state index contributed by atoms with van der Waals surface area (Å²) < 4.78 is 0. The smallest absolute Gasteiger partial charge is 0.303 e. The van der Waals surface area contributed by atoms with Gasteiger partial charge in [0.1, 0.15) is 0 Å². The van der Waals surface area contributed by atoms with E-state index in [0.29, 0.717) is 13.0 Å². The van der Waals surface area contributed by atoms with Crippen molar-refractivity contribution in [2.24, 2.45) is 0 Å². The number of carbonyl (C=O) groups excluding carboxylic acids is 1. The second-order valence-corrected chi connectivity index (χ2v) is 4.55. The number of carboxylic acid groups (broad SMARTS) is 1. The fraction of sp³-hybridized carbons (Fsp3) is 0.375. The number of allylic oxidation sites excluding steroid dienone is 1. The molecule has 0 aromatic heterocycles. The topological polar surface area (TPSA) is 66.4 Å². The Balaban J connectivity index is 2.03. The van der Waals surface area contributed by atoms with Crippen LogP contribution in [0.15, 0.2) is 36.4 Å². The molecule has 108 valence electrons. The highest BCUT2D eigenvalue weighted by atomic mass is 16.4. The van der Waals surface area contributed by atoms with Crippen LogP contribution in [-0.4, -0.2) is 23.5 Å². The van der Waals surface area contributed by atoms with Gasteiger partial charge in [-0.2, -0.15) is 0 Å². The van der Waals surface area contributed by atoms with Crippen LogP contribution in [0.5, 0.6) is 0 Å². The monoisotopic (exact) mass is 275 g/mol. The molecule has 4 heteroatoms. The first kappa shape index (κ1) is 16.0. The summed E-state index contributed by atoms with van der Waals surface area (Å²) in [6.07, 6.45) is 6.67. The van der Waals surface area contributed by atoms with E-state index in [1.54, 1.807) is 0 Å². The summed E-state index contributed by atoms with van der Waals surface area (Å²) in [6, 6.07) is 10.1. The van der Waals surface area contributed by atoms with Gasteiger partial charge in [0.05, 0.1) is 0 Å². The molecule has 20 heavy (non-hydrogen) atoms. The Labute approximate surface area is 119 Å². The predicted molar refractivity (Wildman–Crippen MR) is 79.2 cm³/mol. The zero-order chi connectivity index (χ0) is 14.6. The summed E-state index contributed by atoms with van der Waals surface area (Å²) in [5.74, 6) is -0.929. The molecule has 0 fully saturated rings. The average molecular weight is 275 g/mol. The minimum Gasteiger partial charge on any atom is -0.481 e. The van der Waals surface area contributed by atoms with Crippen molar-refractivity contribution in [1.29, 1.82) is 0 Å². The largest absolute Gasteiger partial charge is 0.481 e. The first-order valence-corrected chi connectivity index (χ1v) is 6.88. The van der Waals surface area contributed by atoms with Crippen LogP contribution < -0.4 is 5.32 Å². The van der Waals surface area contributed by atoms with E-state index in [0.717, 1.165) is 12.8 Å². The zero-order valence-corrected chi connectivity index (χ0v) is 11.5. The summed E-state index contributed by atoms with van der Waals surface area (Å²) in [7, 11) is 0. The molecule has 0 radical (unpaired) electrons. The Bertz CT molecular complexity index is 440. The molecule has 2 N–H and O–H groups in total. The molecule has 4 nitrogen and oxygen atoms in total. The van der Waals surface area contributed by atoms with Gasteiger partial charge in [0.25, 0.3) is 0 Å². The zero-order valence-electron chi connectivity index (χ0n) is 11.5. The summed E-state index contributed by atoms with van der Waals surface area (Å²) >= 11 is 0. The van der Waals surface area contributed by atoms with E-state index in [1.807, 2.05) is 30.3 Å². The lowest BCUT2D eigenvalue weighted by Crippen LogP contribution is -2.24. The number of carboxylic acids is 1. The highest BCUT2D eigenvalue weighted by Gasteiger charge is 2.02. The van der Waals surface area contributed by atoms with Crippen molar-refractivity contribution >= 4 is 18.0 Å². The lowest BCUT2D eigenvalue weighted by atomic mass is 10.2. The number of amides is 1. The third kappa shape index (κ3) is 8.08. The fourth-order valence-corrected chi connectivity index (χ4v) is 1.72. The third-order valence-electron chi connectivity index (χ3n) is 2.77. The van der Waals surface area contributed by atoms with E-state index in [4.69, 9.17) is 5.11 Å². The maximum absolute atomic E-state index is 11.4. The second kappa shape index (κ2) is 9.78. The molecule has 0 aliphatic heterocycles. The molecule has 1 rings (SSSR count). The molecule has 0 aliphatic carbocycles. The lowest BCUT2D eigenvalue weighted by Gasteiger charge is -2.03. The van der Waals surface area contributed by atoms with Gasteiger partial charge in [0, 0.05) is 19.4 Å². The molecular formula is C16H21NO3. The van der Waals surface area contributed by atoms with Crippen molar-refractivity contribution < 1.29 is 14.7 Å². The van der Waals surface area contributed by atoms with Gasteiger partial charge in [-0.1, -0.05) is 42.5 Å². The van der Waals surface area contributed by atoms with Crippen molar-refractivity contribution in [3.05, 3.63) is 42.0 Å². The minimum absolute atomic E-state index is 0.0488. The van der Waals surface area contributed by atoms with Crippen molar-refractivity contribution in [2.45, 2.75) is 32.1 Å². The summed E-state index contributed by atoms with van der Waals surface area (Å²) in [5.41, 5.74) is 1.17. The molecule has 0 heterocycles. The Morgan fingerprint density at radius 2 is 1.85 bits per heavy atom. The van der Waals surface area contributed by atoms with Gasteiger partial charge in [-0.25, -0.2) is 0 Å².